The van der Waals surface area contributed by atoms with Crippen LogP contribution in [0, 0.1) is 17.6 Å². The highest BCUT2D eigenvalue weighted by atomic mass is 35.5. The van der Waals surface area contributed by atoms with Crippen molar-refractivity contribution in [3.05, 3.63) is 29.6 Å². The van der Waals surface area contributed by atoms with Gasteiger partial charge in [0.05, 0.1) is 12.4 Å². The molecule has 1 saturated carbocycles. The molecule has 1 atom stereocenters. The third-order valence-electron chi connectivity index (χ3n) is 2.35. The number of aromatic nitrogens is 1. The van der Waals surface area contributed by atoms with Gasteiger partial charge in [0.1, 0.15) is 11.6 Å². The summed E-state index contributed by atoms with van der Waals surface area (Å²) in [6.07, 6.45) is 3.92. The Morgan fingerprint density at radius 3 is 2.07 bits per heavy atom. The zero-order chi connectivity index (χ0) is 9.42. The molecule has 1 aliphatic rings. The third-order valence-corrected chi connectivity index (χ3v) is 2.35. The Kier molecular flexibility index (Phi) is 5.42. The summed E-state index contributed by atoms with van der Waals surface area (Å²) in [5, 5.41) is 0. The fraction of sp³-hybridized carbons (Fsp3) is 0.444. The fourth-order valence-corrected chi connectivity index (χ4v) is 1.43. The normalized spacial score (nSPS) is 16.2. The molecule has 2 rings (SSSR count). The predicted molar refractivity (Wildman–Crippen MR) is 58.3 cm³/mol. The molecule has 0 spiro atoms. The number of rotatable bonds is 2. The van der Waals surface area contributed by atoms with Crippen molar-refractivity contribution in [3.63, 3.8) is 0 Å². The highest BCUT2D eigenvalue weighted by molar-refractivity contribution is 5.85. The molecule has 0 aromatic carbocycles. The average Bonchev–Trinajstić information content (AvgIpc) is 2.85. The highest BCUT2D eigenvalue weighted by Crippen LogP contribution is 2.40. The average molecular weight is 257 g/mol. The molecule has 1 fully saturated rings. The van der Waals surface area contributed by atoms with Gasteiger partial charge in [0.2, 0.25) is 0 Å². The van der Waals surface area contributed by atoms with Crippen molar-refractivity contribution in [1.82, 2.24) is 4.98 Å². The molecule has 1 heterocycles. The lowest BCUT2D eigenvalue weighted by molar-refractivity contribution is 0.497. The molecule has 2 N–H and O–H groups in total. The van der Waals surface area contributed by atoms with E-state index in [2.05, 4.69) is 4.98 Å². The fourth-order valence-electron chi connectivity index (χ4n) is 1.43. The molecule has 15 heavy (non-hydrogen) atoms. The van der Waals surface area contributed by atoms with Crippen LogP contribution in [0.3, 0.4) is 0 Å². The monoisotopic (exact) mass is 256 g/mol. The molecular formula is C9H12Cl2F2N2. The minimum Gasteiger partial charge on any atom is -0.324 e. The van der Waals surface area contributed by atoms with Crippen LogP contribution in [-0.4, -0.2) is 4.98 Å². The molecule has 2 nitrogen and oxygen atoms in total. The zero-order valence-electron chi connectivity index (χ0n) is 7.82. The Morgan fingerprint density at radius 2 is 1.67 bits per heavy atom. The van der Waals surface area contributed by atoms with E-state index in [9.17, 15) is 8.78 Å². The van der Waals surface area contributed by atoms with Crippen molar-refractivity contribution in [2.75, 3.05) is 0 Å². The van der Waals surface area contributed by atoms with Crippen LogP contribution in [0.2, 0.25) is 0 Å². The van der Waals surface area contributed by atoms with Gasteiger partial charge in [-0.3, -0.25) is 4.98 Å². The largest absolute Gasteiger partial charge is 0.324 e. The molecule has 6 heteroatoms. The summed E-state index contributed by atoms with van der Waals surface area (Å²) >= 11 is 0. The van der Waals surface area contributed by atoms with Gasteiger partial charge in [-0.2, -0.15) is 0 Å². The molecule has 0 radical (unpaired) electrons. The van der Waals surface area contributed by atoms with Gasteiger partial charge in [0.15, 0.2) is 0 Å². The van der Waals surface area contributed by atoms with Crippen LogP contribution in [0.15, 0.2) is 12.4 Å². The van der Waals surface area contributed by atoms with Crippen LogP contribution in [-0.2, 0) is 0 Å². The molecule has 0 saturated heterocycles. The second kappa shape index (κ2) is 5.58. The maximum Gasteiger partial charge on any atom is 0.149 e. The van der Waals surface area contributed by atoms with Gasteiger partial charge in [0.25, 0.3) is 0 Å². The van der Waals surface area contributed by atoms with Gasteiger partial charge < -0.3 is 5.73 Å². The summed E-state index contributed by atoms with van der Waals surface area (Å²) in [5.74, 6) is -1.04. The Balaban J connectivity index is 0.000000980. The van der Waals surface area contributed by atoms with Gasteiger partial charge in [0, 0.05) is 11.6 Å². The van der Waals surface area contributed by atoms with Crippen molar-refractivity contribution >= 4 is 24.8 Å². The van der Waals surface area contributed by atoms with E-state index in [4.69, 9.17) is 5.73 Å². The van der Waals surface area contributed by atoms with Crippen molar-refractivity contribution in [2.45, 2.75) is 18.9 Å². The summed E-state index contributed by atoms with van der Waals surface area (Å²) in [6.45, 7) is 0. The predicted octanol–water partition coefficient (Wildman–Crippen LogP) is 2.61. The van der Waals surface area contributed by atoms with Gasteiger partial charge in [-0.25, -0.2) is 8.78 Å². The van der Waals surface area contributed by atoms with E-state index in [-0.39, 0.29) is 36.3 Å². The maximum atomic E-state index is 13.1. The number of nitrogens with two attached hydrogens (primary N) is 1. The molecule has 0 aliphatic heterocycles. The second-order valence-corrected chi connectivity index (χ2v) is 3.38. The standard InChI is InChI=1S/C9H10F2N2.2ClH/c10-6-3-13-4-7(11)8(6)9(12)5-1-2-5;;/h3-5,9H,1-2,12H2;2*1H. The number of pyridine rings is 1. The van der Waals surface area contributed by atoms with E-state index in [1.165, 1.54) is 0 Å². The van der Waals surface area contributed by atoms with Crippen molar-refractivity contribution < 1.29 is 8.78 Å². The van der Waals surface area contributed by atoms with E-state index < -0.39 is 17.7 Å². The Bertz CT molecular complexity index is 312. The lowest BCUT2D eigenvalue weighted by Gasteiger charge is -2.11. The van der Waals surface area contributed by atoms with Crippen LogP contribution in [0.1, 0.15) is 24.4 Å². The van der Waals surface area contributed by atoms with Gasteiger partial charge in [-0.15, -0.1) is 24.8 Å². The van der Waals surface area contributed by atoms with Crippen LogP contribution in [0.4, 0.5) is 8.78 Å². The SMILES string of the molecule is Cl.Cl.NC(c1c(F)cncc1F)C1CC1. The third kappa shape index (κ3) is 3.00. The number of halogens is 4. The van der Waals surface area contributed by atoms with E-state index in [0.717, 1.165) is 25.2 Å². The smallest absolute Gasteiger partial charge is 0.149 e. The molecule has 1 unspecified atom stereocenters. The van der Waals surface area contributed by atoms with Gasteiger partial charge in [-0.1, -0.05) is 0 Å². The first-order valence-corrected chi connectivity index (χ1v) is 4.24. The van der Waals surface area contributed by atoms with Crippen molar-refractivity contribution in [1.29, 1.82) is 0 Å². The van der Waals surface area contributed by atoms with E-state index in [1.807, 2.05) is 0 Å². The molecule has 1 aliphatic carbocycles. The van der Waals surface area contributed by atoms with Gasteiger partial charge in [-0.05, 0) is 18.8 Å². The number of hydrogen-bond donors (Lipinski definition) is 1. The molecule has 0 amide bonds. The topological polar surface area (TPSA) is 38.9 Å². The first-order chi connectivity index (χ1) is 6.20. The van der Waals surface area contributed by atoms with E-state index in [0.29, 0.717) is 0 Å². The van der Waals surface area contributed by atoms with Crippen LogP contribution < -0.4 is 5.73 Å². The number of nitrogens with zero attached hydrogens (tertiary/aromatic N) is 1. The Labute approximate surface area is 99.1 Å². The maximum absolute atomic E-state index is 13.1. The van der Waals surface area contributed by atoms with Crippen LogP contribution >= 0.6 is 24.8 Å². The summed E-state index contributed by atoms with van der Waals surface area (Å²) in [6, 6.07) is -0.511. The quantitative estimate of drug-likeness (QED) is 0.884. The summed E-state index contributed by atoms with van der Waals surface area (Å²) in [4.78, 5) is 3.40. The molecule has 86 valence electrons. The minimum atomic E-state index is -0.639. The summed E-state index contributed by atoms with van der Waals surface area (Å²) in [5.41, 5.74) is 5.68. The molecule has 0 bridgehead atoms. The lowest BCUT2D eigenvalue weighted by atomic mass is 10.0. The molecular weight excluding hydrogens is 245 g/mol. The van der Waals surface area contributed by atoms with Gasteiger partial charge >= 0.3 is 0 Å². The number of hydrogen-bond acceptors (Lipinski definition) is 2. The van der Waals surface area contributed by atoms with E-state index in [1.54, 1.807) is 0 Å². The summed E-state index contributed by atoms with van der Waals surface area (Å²) < 4.78 is 26.2. The minimum absolute atomic E-state index is 0. The highest BCUT2D eigenvalue weighted by Gasteiger charge is 2.32. The lowest BCUT2D eigenvalue weighted by Crippen LogP contribution is -2.16. The van der Waals surface area contributed by atoms with Crippen molar-refractivity contribution in [3.8, 4) is 0 Å². The van der Waals surface area contributed by atoms with Crippen LogP contribution in [0.25, 0.3) is 0 Å². The van der Waals surface area contributed by atoms with E-state index >= 15 is 0 Å². The molecule has 1 aromatic rings. The molecule has 1 aromatic heterocycles. The zero-order valence-corrected chi connectivity index (χ0v) is 9.45. The Hall–Kier alpha value is -0.450. The first-order valence-electron chi connectivity index (χ1n) is 4.24. The first kappa shape index (κ1) is 14.6. The van der Waals surface area contributed by atoms with Crippen LogP contribution in [0.5, 0.6) is 0 Å². The second-order valence-electron chi connectivity index (χ2n) is 3.38. The Morgan fingerprint density at radius 1 is 1.20 bits per heavy atom. The summed E-state index contributed by atoms with van der Waals surface area (Å²) in [7, 11) is 0. The van der Waals surface area contributed by atoms with Crippen molar-refractivity contribution in [2.24, 2.45) is 11.7 Å².